The van der Waals surface area contributed by atoms with Crippen molar-refractivity contribution in [3.63, 3.8) is 0 Å². The van der Waals surface area contributed by atoms with Gasteiger partial charge in [0.1, 0.15) is 0 Å². The maximum absolute atomic E-state index is 12.8. The van der Waals surface area contributed by atoms with Crippen molar-refractivity contribution in [2.45, 2.75) is 30.8 Å². The van der Waals surface area contributed by atoms with Gasteiger partial charge in [-0.2, -0.15) is 13.2 Å². The number of rotatable bonds is 6. The van der Waals surface area contributed by atoms with Crippen molar-refractivity contribution in [3.8, 4) is 0 Å². The highest BCUT2D eigenvalue weighted by Crippen LogP contribution is 2.30. The van der Waals surface area contributed by atoms with Gasteiger partial charge in [-0.1, -0.05) is 18.2 Å². The molecule has 1 aromatic heterocycles. The Balaban J connectivity index is 1.63. The zero-order valence-corrected chi connectivity index (χ0v) is 15.4. The van der Waals surface area contributed by atoms with E-state index < -0.39 is 27.5 Å². The Bertz CT molecular complexity index is 839. The van der Waals surface area contributed by atoms with E-state index >= 15 is 0 Å². The maximum atomic E-state index is 12.8. The Kier molecular flexibility index (Phi) is 5.54. The lowest BCUT2D eigenvalue weighted by Gasteiger charge is -2.24. The average Bonchev–Trinajstić information content (AvgIpc) is 3.23. The van der Waals surface area contributed by atoms with E-state index in [4.69, 9.17) is 0 Å². The summed E-state index contributed by atoms with van der Waals surface area (Å²) in [5, 5.41) is 2.72. The molecule has 3 rings (SSSR count). The van der Waals surface area contributed by atoms with Crippen molar-refractivity contribution in [1.82, 2.24) is 9.71 Å². The lowest BCUT2D eigenvalue weighted by Crippen LogP contribution is -2.40. The minimum Gasteiger partial charge on any atom is -0.344 e. The Morgan fingerprint density at radius 2 is 2.15 bits per heavy atom. The molecule has 2 heterocycles. The highest BCUT2D eigenvalue weighted by molar-refractivity contribution is 7.88. The van der Waals surface area contributed by atoms with Crippen LogP contribution in [0.15, 0.2) is 35.8 Å². The van der Waals surface area contributed by atoms with Crippen molar-refractivity contribution >= 4 is 26.5 Å². The molecule has 1 fully saturated rings. The van der Waals surface area contributed by atoms with Gasteiger partial charge in [-0.05, 0) is 24.5 Å². The summed E-state index contributed by atoms with van der Waals surface area (Å²) in [5.74, 6) is -0.485. The first-order valence-corrected chi connectivity index (χ1v) is 10.6. The lowest BCUT2D eigenvalue weighted by atomic mass is 10.1. The zero-order chi connectivity index (χ0) is 18.8. The highest BCUT2D eigenvalue weighted by Gasteiger charge is 2.31. The van der Waals surface area contributed by atoms with Crippen LogP contribution in [0.2, 0.25) is 0 Å². The molecule has 2 aromatic rings. The van der Waals surface area contributed by atoms with Gasteiger partial charge in [-0.15, -0.1) is 11.3 Å². The number of hydrogen-bond donors (Lipinski definition) is 1. The first-order valence-electron chi connectivity index (χ1n) is 8.04. The number of aromatic nitrogens is 1. The Labute approximate surface area is 153 Å². The van der Waals surface area contributed by atoms with E-state index in [-0.39, 0.29) is 18.2 Å². The Hall–Kier alpha value is -1.65. The van der Waals surface area contributed by atoms with Crippen molar-refractivity contribution in [2.24, 2.45) is 0 Å². The van der Waals surface area contributed by atoms with E-state index in [1.165, 1.54) is 23.5 Å². The van der Waals surface area contributed by atoms with Crippen LogP contribution in [0.4, 0.5) is 18.3 Å². The summed E-state index contributed by atoms with van der Waals surface area (Å²) in [6.07, 6.45) is -1.01. The fourth-order valence-electron chi connectivity index (χ4n) is 2.99. The maximum Gasteiger partial charge on any atom is 0.416 e. The normalized spacial score (nSPS) is 18.4. The fourth-order valence-corrected chi connectivity index (χ4v) is 4.90. The van der Waals surface area contributed by atoms with Gasteiger partial charge in [-0.25, -0.2) is 18.1 Å². The van der Waals surface area contributed by atoms with Crippen molar-refractivity contribution < 1.29 is 21.6 Å². The molecule has 1 saturated heterocycles. The molecule has 142 valence electrons. The van der Waals surface area contributed by atoms with E-state index in [9.17, 15) is 21.6 Å². The van der Waals surface area contributed by atoms with Crippen LogP contribution in [0.3, 0.4) is 0 Å². The smallest absolute Gasteiger partial charge is 0.344 e. The van der Waals surface area contributed by atoms with E-state index in [2.05, 4.69) is 14.6 Å². The molecule has 0 aliphatic carbocycles. The second kappa shape index (κ2) is 7.53. The van der Waals surface area contributed by atoms with Crippen LogP contribution in [-0.4, -0.2) is 32.5 Å². The number of nitrogens with one attached hydrogen (secondary N) is 1. The van der Waals surface area contributed by atoms with Crippen LogP contribution in [-0.2, 0) is 22.0 Å². The fraction of sp³-hybridized carbons (Fsp3) is 0.438. The number of alkyl halides is 3. The van der Waals surface area contributed by atoms with Gasteiger partial charge in [0.25, 0.3) is 0 Å². The number of anilines is 1. The largest absolute Gasteiger partial charge is 0.416 e. The summed E-state index contributed by atoms with van der Waals surface area (Å²) in [7, 11) is -3.74. The summed E-state index contributed by atoms with van der Waals surface area (Å²) < 4.78 is 65.4. The molecule has 26 heavy (non-hydrogen) atoms. The molecule has 1 aliphatic rings. The second-order valence-corrected chi connectivity index (χ2v) is 8.79. The summed E-state index contributed by atoms with van der Waals surface area (Å²) in [5.41, 5.74) is -0.744. The molecule has 0 spiro atoms. The topological polar surface area (TPSA) is 62.3 Å². The van der Waals surface area contributed by atoms with E-state index in [0.29, 0.717) is 0 Å². The molecule has 0 amide bonds. The molecule has 1 N–H and O–H groups in total. The summed E-state index contributed by atoms with van der Waals surface area (Å²) in [6.45, 7) is 1.02. The van der Waals surface area contributed by atoms with Crippen LogP contribution >= 0.6 is 11.3 Å². The summed E-state index contributed by atoms with van der Waals surface area (Å²) >= 11 is 1.49. The third-order valence-corrected chi connectivity index (χ3v) is 6.32. The highest BCUT2D eigenvalue weighted by atomic mass is 32.2. The number of benzene rings is 1. The van der Waals surface area contributed by atoms with Gasteiger partial charge in [0.05, 0.1) is 11.3 Å². The minimum absolute atomic E-state index is 0.00238. The number of sulfonamides is 1. The quantitative estimate of drug-likeness (QED) is 0.802. The van der Waals surface area contributed by atoms with Crippen LogP contribution in [0, 0.1) is 0 Å². The van der Waals surface area contributed by atoms with Crippen molar-refractivity contribution in [3.05, 3.63) is 47.0 Å². The Morgan fingerprint density at radius 3 is 2.85 bits per heavy atom. The predicted molar refractivity (Wildman–Crippen MR) is 94.6 cm³/mol. The van der Waals surface area contributed by atoms with Crippen molar-refractivity contribution in [2.75, 3.05) is 18.0 Å². The molecule has 0 radical (unpaired) electrons. The van der Waals surface area contributed by atoms with Crippen LogP contribution in [0.25, 0.3) is 0 Å². The van der Waals surface area contributed by atoms with Gasteiger partial charge in [0.15, 0.2) is 5.13 Å². The molecule has 5 nitrogen and oxygen atoms in total. The van der Waals surface area contributed by atoms with E-state index in [1.54, 1.807) is 6.20 Å². The SMILES string of the molecule is O=S(=O)(Cc1cccc(C(F)(F)F)c1)NC[C@@H]1CCCN1c1nccs1. The molecule has 1 aromatic carbocycles. The molecule has 0 saturated carbocycles. The average molecular weight is 405 g/mol. The van der Waals surface area contributed by atoms with Crippen LogP contribution in [0.1, 0.15) is 24.0 Å². The standard InChI is InChI=1S/C16H18F3N3O2S2/c17-16(18,19)13-4-1-3-12(9-13)11-26(23,24)21-10-14-5-2-7-22(14)15-20-6-8-25-15/h1,3-4,6,8-9,14,21H,2,5,7,10-11H2/t14-/m0/s1. The van der Waals surface area contributed by atoms with Gasteiger partial charge < -0.3 is 4.90 Å². The van der Waals surface area contributed by atoms with Crippen LogP contribution < -0.4 is 9.62 Å². The molecular weight excluding hydrogens is 387 g/mol. The molecule has 0 bridgehead atoms. The molecule has 0 unspecified atom stereocenters. The molecular formula is C16H18F3N3O2S2. The number of nitrogens with zero attached hydrogens (tertiary/aromatic N) is 2. The monoisotopic (exact) mass is 405 g/mol. The third-order valence-electron chi connectivity index (χ3n) is 4.19. The van der Waals surface area contributed by atoms with E-state index in [1.807, 2.05) is 5.38 Å². The predicted octanol–water partition coefficient (Wildman–Crippen LogP) is 3.25. The molecule has 1 atom stereocenters. The first-order chi connectivity index (χ1) is 12.2. The van der Waals surface area contributed by atoms with E-state index in [0.717, 1.165) is 36.7 Å². The number of hydrogen-bond acceptors (Lipinski definition) is 5. The van der Waals surface area contributed by atoms with Gasteiger partial charge >= 0.3 is 6.18 Å². The van der Waals surface area contributed by atoms with Crippen molar-refractivity contribution in [1.29, 1.82) is 0 Å². The van der Waals surface area contributed by atoms with Gasteiger partial charge in [0, 0.05) is 30.7 Å². The molecule has 1 aliphatic heterocycles. The number of thiazole rings is 1. The number of halogens is 3. The second-order valence-electron chi connectivity index (χ2n) is 6.11. The third kappa shape index (κ3) is 4.74. The molecule has 10 heteroatoms. The minimum atomic E-state index is -4.49. The summed E-state index contributed by atoms with van der Waals surface area (Å²) in [4.78, 5) is 6.32. The summed E-state index contributed by atoms with van der Waals surface area (Å²) in [6, 6.07) is 4.39. The van der Waals surface area contributed by atoms with Gasteiger partial charge in [0.2, 0.25) is 10.0 Å². The van der Waals surface area contributed by atoms with Crippen LogP contribution in [0.5, 0.6) is 0 Å². The lowest BCUT2D eigenvalue weighted by molar-refractivity contribution is -0.137. The Morgan fingerprint density at radius 1 is 1.35 bits per heavy atom. The zero-order valence-electron chi connectivity index (χ0n) is 13.7. The van der Waals surface area contributed by atoms with Gasteiger partial charge in [-0.3, -0.25) is 0 Å². The first kappa shape index (κ1) is 19.1.